The standard InChI is InChI=1S/C22H20N4O5/c27-19-22(20(28)25(21(29)23-19)15-6-2-1-3-7-15)13-14-12-16(26(30)31)9-10-17(14)24-11-5-4-8-18(22)24/h1-3,6-7,9-10,12,18H,4-5,8,11,13H2,(H,23,27,29)/t18-,22-/m0/s1. The molecule has 0 radical (unpaired) electrons. The molecule has 2 aromatic rings. The molecule has 2 aromatic carbocycles. The Morgan fingerprint density at radius 1 is 1.06 bits per heavy atom. The first-order chi connectivity index (χ1) is 14.9. The van der Waals surface area contributed by atoms with E-state index in [9.17, 15) is 24.5 Å². The van der Waals surface area contributed by atoms with Gasteiger partial charge in [0.15, 0.2) is 5.41 Å². The number of anilines is 2. The van der Waals surface area contributed by atoms with Gasteiger partial charge >= 0.3 is 6.03 Å². The number of rotatable bonds is 2. The Labute approximate surface area is 177 Å². The number of nitro benzene ring substituents is 1. The number of nitrogens with zero attached hydrogens (tertiary/aromatic N) is 3. The summed E-state index contributed by atoms with van der Waals surface area (Å²) in [5.74, 6) is -1.22. The van der Waals surface area contributed by atoms with Gasteiger partial charge in [0.2, 0.25) is 5.91 Å². The second-order valence-electron chi connectivity index (χ2n) is 8.16. The summed E-state index contributed by atoms with van der Waals surface area (Å²) in [6.07, 6.45) is 2.37. The van der Waals surface area contributed by atoms with Crippen molar-refractivity contribution in [2.24, 2.45) is 5.41 Å². The SMILES string of the molecule is O=C1NC(=O)[C@@]2(Cc3cc([N+](=O)[O-])ccc3N3CCCC[C@H]32)C(=O)N1c1ccccc1. The average molecular weight is 420 g/mol. The van der Waals surface area contributed by atoms with Crippen LogP contribution in [0.15, 0.2) is 48.5 Å². The number of para-hydroxylation sites is 1. The quantitative estimate of drug-likeness (QED) is 0.454. The Hall–Kier alpha value is -3.75. The van der Waals surface area contributed by atoms with Crippen LogP contribution < -0.4 is 15.1 Å². The molecule has 0 saturated carbocycles. The molecule has 3 heterocycles. The Morgan fingerprint density at radius 2 is 1.84 bits per heavy atom. The maximum absolute atomic E-state index is 13.9. The van der Waals surface area contributed by atoms with Gasteiger partial charge in [0, 0.05) is 30.8 Å². The van der Waals surface area contributed by atoms with Crippen molar-refractivity contribution in [1.29, 1.82) is 0 Å². The number of carbonyl (C=O) groups is 3. The highest BCUT2D eigenvalue weighted by Gasteiger charge is 2.62. The van der Waals surface area contributed by atoms with Crippen molar-refractivity contribution < 1.29 is 19.3 Å². The van der Waals surface area contributed by atoms with Crippen LogP contribution in [0.5, 0.6) is 0 Å². The molecule has 0 unspecified atom stereocenters. The monoisotopic (exact) mass is 420 g/mol. The summed E-state index contributed by atoms with van der Waals surface area (Å²) in [5.41, 5.74) is 0.128. The maximum atomic E-state index is 13.9. The number of piperidine rings is 1. The third kappa shape index (κ3) is 2.73. The first kappa shape index (κ1) is 19.2. The highest BCUT2D eigenvalue weighted by Crippen LogP contribution is 2.48. The van der Waals surface area contributed by atoms with Crippen LogP contribution in [0.1, 0.15) is 24.8 Å². The number of imide groups is 2. The lowest BCUT2D eigenvalue weighted by Crippen LogP contribution is -2.72. The minimum atomic E-state index is -1.54. The molecule has 3 aliphatic rings. The van der Waals surface area contributed by atoms with Gasteiger partial charge in [-0.2, -0.15) is 0 Å². The molecule has 1 spiro atoms. The predicted octanol–water partition coefficient (Wildman–Crippen LogP) is 2.78. The lowest BCUT2D eigenvalue weighted by molar-refractivity contribution is -0.384. The number of hydrogen-bond acceptors (Lipinski definition) is 6. The summed E-state index contributed by atoms with van der Waals surface area (Å²) in [5, 5.41) is 13.7. The van der Waals surface area contributed by atoms with Crippen LogP contribution in [-0.4, -0.2) is 35.4 Å². The minimum Gasteiger partial charge on any atom is -0.367 e. The molecule has 0 bridgehead atoms. The fourth-order valence-corrected chi connectivity index (χ4v) is 5.17. The molecule has 3 aliphatic heterocycles. The van der Waals surface area contributed by atoms with Gasteiger partial charge in [0.05, 0.1) is 16.7 Å². The number of fused-ring (bicyclic) bond motifs is 4. The topological polar surface area (TPSA) is 113 Å². The highest BCUT2D eigenvalue weighted by atomic mass is 16.6. The Kier molecular flexibility index (Phi) is 4.28. The molecular weight excluding hydrogens is 400 g/mol. The Bertz CT molecular complexity index is 1120. The summed E-state index contributed by atoms with van der Waals surface area (Å²) in [6, 6.07) is 11.9. The Morgan fingerprint density at radius 3 is 2.58 bits per heavy atom. The molecule has 1 N–H and O–H groups in total. The van der Waals surface area contributed by atoms with Gasteiger partial charge in [-0.15, -0.1) is 0 Å². The van der Waals surface area contributed by atoms with Gasteiger partial charge in [-0.1, -0.05) is 18.2 Å². The number of nitro groups is 1. The van der Waals surface area contributed by atoms with Crippen molar-refractivity contribution in [2.75, 3.05) is 16.3 Å². The average Bonchev–Trinajstić information content (AvgIpc) is 2.78. The van der Waals surface area contributed by atoms with Crippen LogP contribution >= 0.6 is 0 Å². The van der Waals surface area contributed by atoms with E-state index in [1.807, 2.05) is 4.90 Å². The van der Waals surface area contributed by atoms with Crippen LogP contribution in [-0.2, 0) is 16.0 Å². The number of non-ortho nitro benzene ring substituents is 1. The van der Waals surface area contributed by atoms with Gasteiger partial charge < -0.3 is 4.90 Å². The van der Waals surface area contributed by atoms with Crippen LogP contribution in [0.3, 0.4) is 0 Å². The number of amides is 4. The van der Waals surface area contributed by atoms with Gasteiger partial charge in [0.1, 0.15) is 0 Å². The van der Waals surface area contributed by atoms with E-state index in [1.54, 1.807) is 36.4 Å². The molecule has 0 aliphatic carbocycles. The molecular formula is C22H20N4O5. The van der Waals surface area contributed by atoms with E-state index < -0.39 is 34.2 Å². The lowest BCUT2D eigenvalue weighted by Gasteiger charge is -2.53. The van der Waals surface area contributed by atoms with Crippen molar-refractivity contribution >= 4 is 34.9 Å². The fraction of sp³-hybridized carbons (Fsp3) is 0.318. The smallest absolute Gasteiger partial charge is 0.335 e. The first-order valence-corrected chi connectivity index (χ1v) is 10.2. The van der Waals surface area contributed by atoms with Crippen molar-refractivity contribution in [3.05, 3.63) is 64.2 Å². The molecule has 9 heteroatoms. The molecule has 158 valence electrons. The van der Waals surface area contributed by atoms with E-state index in [1.165, 1.54) is 12.1 Å². The maximum Gasteiger partial charge on any atom is 0.335 e. The molecule has 0 aromatic heterocycles. The minimum absolute atomic E-state index is 0.00641. The van der Waals surface area contributed by atoms with Gasteiger partial charge in [-0.05, 0) is 43.0 Å². The van der Waals surface area contributed by atoms with Crippen LogP contribution in [0.4, 0.5) is 21.9 Å². The number of barbiturate groups is 1. The molecule has 9 nitrogen and oxygen atoms in total. The van der Waals surface area contributed by atoms with Crippen molar-refractivity contribution in [1.82, 2.24) is 5.32 Å². The van der Waals surface area contributed by atoms with E-state index in [-0.39, 0.29) is 12.1 Å². The summed E-state index contributed by atoms with van der Waals surface area (Å²) in [4.78, 5) is 53.8. The second kappa shape index (κ2) is 6.90. The molecule has 31 heavy (non-hydrogen) atoms. The number of nitrogens with one attached hydrogen (secondary N) is 1. The third-order valence-electron chi connectivity index (χ3n) is 6.55. The van der Waals surface area contributed by atoms with Gasteiger partial charge in [0.25, 0.3) is 11.6 Å². The lowest BCUT2D eigenvalue weighted by atomic mass is 9.66. The van der Waals surface area contributed by atoms with Crippen LogP contribution in [0.25, 0.3) is 0 Å². The zero-order valence-electron chi connectivity index (χ0n) is 16.6. The molecule has 2 atom stereocenters. The summed E-state index contributed by atoms with van der Waals surface area (Å²) < 4.78 is 0. The van der Waals surface area contributed by atoms with Gasteiger partial charge in [-0.3, -0.25) is 25.0 Å². The first-order valence-electron chi connectivity index (χ1n) is 10.2. The zero-order valence-corrected chi connectivity index (χ0v) is 16.6. The molecule has 5 rings (SSSR count). The van der Waals surface area contributed by atoms with E-state index in [0.29, 0.717) is 24.2 Å². The number of hydrogen-bond donors (Lipinski definition) is 1. The van der Waals surface area contributed by atoms with Crippen molar-refractivity contribution in [2.45, 2.75) is 31.7 Å². The third-order valence-corrected chi connectivity index (χ3v) is 6.55. The fourth-order valence-electron chi connectivity index (χ4n) is 5.17. The predicted molar refractivity (Wildman–Crippen MR) is 112 cm³/mol. The van der Waals surface area contributed by atoms with E-state index in [2.05, 4.69) is 5.32 Å². The van der Waals surface area contributed by atoms with Crippen LogP contribution in [0.2, 0.25) is 0 Å². The number of benzene rings is 2. The van der Waals surface area contributed by atoms with E-state index in [0.717, 1.165) is 23.4 Å². The van der Waals surface area contributed by atoms with Crippen molar-refractivity contribution in [3.63, 3.8) is 0 Å². The van der Waals surface area contributed by atoms with Gasteiger partial charge in [-0.25, -0.2) is 9.69 Å². The summed E-state index contributed by atoms with van der Waals surface area (Å²) in [7, 11) is 0. The molecule has 2 saturated heterocycles. The molecule has 2 fully saturated rings. The highest BCUT2D eigenvalue weighted by molar-refractivity contribution is 6.30. The van der Waals surface area contributed by atoms with E-state index in [4.69, 9.17) is 0 Å². The summed E-state index contributed by atoms with van der Waals surface area (Å²) >= 11 is 0. The number of carbonyl (C=O) groups excluding carboxylic acids is 3. The Balaban J connectivity index is 1.68. The van der Waals surface area contributed by atoms with E-state index >= 15 is 0 Å². The summed E-state index contributed by atoms with van der Waals surface area (Å²) in [6.45, 7) is 0.636. The largest absolute Gasteiger partial charge is 0.367 e. The van der Waals surface area contributed by atoms with Crippen molar-refractivity contribution in [3.8, 4) is 0 Å². The number of urea groups is 1. The normalized spacial score (nSPS) is 25.2. The molecule has 4 amide bonds. The second-order valence-corrected chi connectivity index (χ2v) is 8.16. The zero-order chi connectivity index (χ0) is 21.8. The van der Waals surface area contributed by atoms with Crippen LogP contribution in [0, 0.1) is 15.5 Å².